The Morgan fingerprint density at radius 1 is 0.902 bits per heavy atom. The van der Waals surface area contributed by atoms with Gasteiger partial charge in [-0.3, -0.25) is 4.57 Å². The number of nitrogen functional groups attached to an aromatic ring is 1. The molecule has 1 aliphatic heterocycles. The minimum Gasteiger partial charge on any atom is -0.496 e. The number of ether oxygens (including phenoxy) is 3. The van der Waals surface area contributed by atoms with Crippen LogP contribution in [0.3, 0.4) is 0 Å². The van der Waals surface area contributed by atoms with Crippen molar-refractivity contribution in [2.24, 2.45) is 0 Å². The van der Waals surface area contributed by atoms with Gasteiger partial charge in [0.25, 0.3) is 0 Å². The fourth-order valence-corrected chi connectivity index (χ4v) is 6.05. The van der Waals surface area contributed by atoms with Crippen molar-refractivity contribution < 1.29 is 24.4 Å². The Morgan fingerprint density at radius 2 is 1.51 bits per heavy atom. The number of hydrogen-bond donors (Lipinski definition) is 3. The first kappa shape index (κ1) is 26.7. The van der Waals surface area contributed by atoms with E-state index in [-0.39, 0.29) is 12.2 Å². The van der Waals surface area contributed by atoms with Crippen molar-refractivity contribution in [1.29, 1.82) is 0 Å². The number of methoxy groups -OCH3 is 2. The molecule has 6 rings (SSSR count). The Balaban J connectivity index is 1.55. The number of aliphatic hydroxyl groups is 2. The monoisotopic (exact) mass is 553 g/mol. The molecule has 2 aromatic heterocycles. The minimum absolute atomic E-state index is 0.194. The molecule has 0 spiro atoms. The normalized spacial score (nSPS) is 19.8. The lowest BCUT2D eigenvalue weighted by Gasteiger charge is -2.43. The number of nitrogens with zero attached hydrogens (tertiary/aromatic N) is 4. The van der Waals surface area contributed by atoms with Crippen LogP contribution in [0.2, 0.25) is 0 Å². The molecule has 1 saturated heterocycles. The summed E-state index contributed by atoms with van der Waals surface area (Å²) in [6, 6.07) is 24.7. The number of hydrogen-bond acceptors (Lipinski definition) is 9. The topological polar surface area (TPSA) is 138 Å². The second-order valence-corrected chi connectivity index (χ2v) is 9.96. The quantitative estimate of drug-likeness (QED) is 0.247. The molecule has 10 heteroatoms. The smallest absolute Gasteiger partial charge is 0.167 e. The van der Waals surface area contributed by atoms with E-state index in [0.717, 1.165) is 5.56 Å². The summed E-state index contributed by atoms with van der Waals surface area (Å²) >= 11 is 0. The standard InChI is InChI=1S/C31H31N5O5/c1-39-23-14-8-6-12-20(23)31(19-10-4-3-5-11-19,21-13-7-9-15-24(21)40-2)28(38)27-22(37)16-25(41-27)36-18-35-26-29(32)33-17-34-30(26)36/h3-15,17-18,22,25,27-28,37-38H,16H2,1-2H3,(H2,32,33,34)/t22-,25+,27-,28?/m0/s1. The van der Waals surface area contributed by atoms with Crippen LogP contribution in [0.25, 0.3) is 11.2 Å². The predicted octanol–water partition coefficient (Wildman–Crippen LogP) is 3.47. The average Bonchev–Trinajstić information content (AvgIpc) is 3.62. The summed E-state index contributed by atoms with van der Waals surface area (Å²) in [6.07, 6.45) is -0.894. The van der Waals surface area contributed by atoms with Gasteiger partial charge in [0.1, 0.15) is 41.8 Å². The summed E-state index contributed by atoms with van der Waals surface area (Å²) in [4.78, 5) is 12.7. The molecule has 1 fully saturated rings. The van der Waals surface area contributed by atoms with Gasteiger partial charge >= 0.3 is 0 Å². The predicted molar refractivity (Wildman–Crippen MR) is 153 cm³/mol. The van der Waals surface area contributed by atoms with E-state index in [1.807, 2.05) is 78.9 Å². The highest BCUT2D eigenvalue weighted by Crippen LogP contribution is 2.51. The van der Waals surface area contributed by atoms with Crippen LogP contribution in [-0.2, 0) is 10.2 Å². The maximum absolute atomic E-state index is 12.6. The molecule has 4 atom stereocenters. The maximum atomic E-state index is 12.6. The number of anilines is 1. The number of fused-ring (bicyclic) bond motifs is 1. The first-order valence-corrected chi connectivity index (χ1v) is 13.3. The maximum Gasteiger partial charge on any atom is 0.167 e. The molecule has 0 aliphatic carbocycles. The Bertz CT molecular complexity index is 1610. The summed E-state index contributed by atoms with van der Waals surface area (Å²) in [5, 5.41) is 24.1. The SMILES string of the molecule is COc1ccccc1C(c1ccccc1)(c1ccccc1OC)C(O)[C@H]1O[C@@H](n2cnc3c(N)ncnc32)C[C@@H]1O. The molecule has 0 bridgehead atoms. The van der Waals surface area contributed by atoms with Crippen molar-refractivity contribution in [3.8, 4) is 11.5 Å². The molecule has 1 aliphatic rings. The number of imidazole rings is 1. The van der Waals surface area contributed by atoms with Crippen LogP contribution in [-0.4, -0.2) is 62.3 Å². The Kier molecular flexibility index (Phi) is 7.04. The molecule has 4 N–H and O–H groups in total. The van der Waals surface area contributed by atoms with Gasteiger partial charge in [0.15, 0.2) is 11.5 Å². The lowest BCUT2D eigenvalue weighted by Crippen LogP contribution is -2.51. The number of para-hydroxylation sites is 2. The minimum atomic E-state index is -1.30. The highest BCUT2D eigenvalue weighted by atomic mass is 16.5. The van der Waals surface area contributed by atoms with E-state index in [0.29, 0.717) is 33.8 Å². The Morgan fingerprint density at radius 3 is 2.15 bits per heavy atom. The van der Waals surface area contributed by atoms with Crippen LogP contribution >= 0.6 is 0 Å². The van der Waals surface area contributed by atoms with Gasteiger partial charge in [0.05, 0.1) is 32.1 Å². The van der Waals surface area contributed by atoms with Crippen LogP contribution in [0, 0.1) is 0 Å². The summed E-state index contributed by atoms with van der Waals surface area (Å²) in [6.45, 7) is 0. The van der Waals surface area contributed by atoms with Crippen LogP contribution in [0.15, 0.2) is 91.5 Å². The van der Waals surface area contributed by atoms with Gasteiger partial charge in [-0.15, -0.1) is 0 Å². The number of benzene rings is 3. The number of nitrogens with two attached hydrogens (primary N) is 1. The van der Waals surface area contributed by atoms with Crippen LogP contribution in [0.1, 0.15) is 29.3 Å². The van der Waals surface area contributed by atoms with Crippen molar-refractivity contribution in [2.75, 3.05) is 20.0 Å². The van der Waals surface area contributed by atoms with Gasteiger partial charge in [-0.05, 0) is 17.7 Å². The highest BCUT2D eigenvalue weighted by Gasteiger charge is 2.54. The van der Waals surface area contributed by atoms with Crippen molar-refractivity contribution in [2.45, 2.75) is 36.4 Å². The molecule has 3 heterocycles. The summed E-state index contributed by atoms with van der Waals surface area (Å²) in [7, 11) is 3.19. The largest absolute Gasteiger partial charge is 0.496 e. The van der Waals surface area contributed by atoms with Gasteiger partial charge in [0, 0.05) is 17.5 Å². The van der Waals surface area contributed by atoms with E-state index in [4.69, 9.17) is 19.9 Å². The summed E-state index contributed by atoms with van der Waals surface area (Å²) in [5.41, 5.74) is 7.80. The zero-order valence-electron chi connectivity index (χ0n) is 22.7. The molecule has 5 aromatic rings. The molecule has 0 radical (unpaired) electrons. The van der Waals surface area contributed by atoms with Crippen molar-refractivity contribution in [3.05, 3.63) is 108 Å². The second-order valence-electron chi connectivity index (χ2n) is 9.96. The van der Waals surface area contributed by atoms with Crippen molar-refractivity contribution in [3.63, 3.8) is 0 Å². The average molecular weight is 554 g/mol. The van der Waals surface area contributed by atoms with E-state index in [2.05, 4.69) is 15.0 Å². The first-order chi connectivity index (χ1) is 20.0. The van der Waals surface area contributed by atoms with E-state index >= 15 is 0 Å². The highest BCUT2D eigenvalue weighted by molar-refractivity contribution is 5.81. The lowest BCUT2D eigenvalue weighted by molar-refractivity contribution is -0.0963. The van der Waals surface area contributed by atoms with Gasteiger partial charge in [-0.1, -0.05) is 66.7 Å². The molecule has 210 valence electrons. The lowest BCUT2D eigenvalue weighted by atomic mass is 9.63. The number of rotatable bonds is 8. The first-order valence-electron chi connectivity index (χ1n) is 13.3. The van der Waals surface area contributed by atoms with Gasteiger partial charge in [-0.25, -0.2) is 15.0 Å². The second kappa shape index (κ2) is 10.8. The molecule has 0 amide bonds. The molecular weight excluding hydrogens is 522 g/mol. The van der Waals surface area contributed by atoms with E-state index in [1.165, 1.54) is 6.33 Å². The van der Waals surface area contributed by atoms with Crippen molar-refractivity contribution in [1.82, 2.24) is 19.5 Å². The number of aromatic nitrogens is 4. The molecule has 0 saturated carbocycles. The van der Waals surface area contributed by atoms with Crippen LogP contribution in [0.4, 0.5) is 5.82 Å². The van der Waals surface area contributed by atoms with Crippen molar-refractivity contribution >= 4 is 17.0 Å². The van der Waals surface area contributed by atoms with Crippen LogP contribution < -0.4 is 15.2 Å². The Labute approximate surface area is 237 Å². The fraction of sp³-hybridized carbons (Fsp3) is 0.258. The molecule has 41 heavy (non-hydrogen) atoms. The van der Waals surface area contributed by atoms with E-state index in [9.17, 15) is 10.2 Å². The van der Waals surface area contributed by atoms with E-state index < -0.39 is 30.0 Å². The van der Waals surface area contributed by atoms with Crippen LogP contribution in [0.5, 0.6) is 11.5 Å². The zero-order chi connectivity index (χ0) is 28.6. The zero-order valence-corrected chi connectivity index (χ0v) is 22.7. The fourth-order valence-electron chi connectivity index (χ4n) is 6.05. The summed E-state index contributed by atoms with van der Waals surface area (Å²) < 4.78 is 19.9. The third-order valence-electron chi connectivity index (χ3n) is 7.88. The van der Waals surface area contributed by atoms with Gasteiger partial charge in [-0.2, -0.15) is 0 Å². The molecule has 3 aromatic carbocycles. The third kappa shape index (κ3) is 4.28. The number of aliphatic hydroxyl groups excluding tert-OH is 2. The van der Waals surface area contributed by atoms with Gasteiger partial charge in [0.2, 0.25) is 0 Å². The molecule has 10 nitrogen and oxygen atoms in total. The molecule has 1 unspecified atom stereocenters. The summed E-state index contributed by atoms with van der Waals surface area (Å²) in [5.74, 6) is 1.38. The molecular formula is C31H31N5O5. The Hall–Kier alpha value is -4.51. The van der Waals surface area contributed by atoms with E-state index in [1.54, 1.807) is 25.1 Å². The van der Waals surface area contributed by atoms with Gasteiger partial charge < -0.3 is 30.2 Å². The third-order valence-corrected chi connectivity index (χ3v) is 7.88.